The fourth-order valence-electron chi connectivity index (χ4n) is 5.89. The van der Waals surface area contributed by atoms with E-state index in [4.69, 9.17) is 179 Å². The van der Waals surface area contributed by atoms with Crippen LogP contribution < -0.4 is 9.97 Å². The minimum Gasteiger partial charge on any atom is -0.357 e. The molecule has 8 bridgehead atoms. The molecule has 267 valence electrons. The smallest absolute Gasteiger partial charge is 0.357 e. The zero-order valence-electron chi connectivity index (χ0n) is 24.7. The van der Waals surface area contributed by atoms with Gasteiger partial charge in [0.05, 0.1) is 83.6 Å². The van der Waals surface area contributed by atoms with Crippen LogP contribution in [0, 0.1) is 0 Å². The summed E-state index contributed by atoms with van der Waals surface area (Å²) in [4.78, 5) is 38.2. The van der Waals surface area contributed by atoms with Crippen molar-refractivity contribution in [2.75, 3.05) is 0 Å². The van der Waals surface area contributed by atoms with Gasteiger partial charge in [0, 0.05) is 55.6 Å². The zero-order valence-corrected chi connectivity index (χ0v) is 34.7. The normalized spacial score (nSPS) is 12.0. The quantitative estimate of drug-likeness (QED) is 0.109. The number of nitrogens with zero attached hydrogens (tertiary/aromatic N) is 8. The minimum absolute atomic E-state index is 0. The average Bonchev–Trinajstić information content (AvgIpc) is 3.82. The van der Waals surface area contributed by atoms with Crippen molar-refractivity contribution in [2.45, 2.75) is 0 Å². The SMILES string of the molecule is Clc1cc2c(c(Cl)c1Cl)-c1nc-2nc2[n-]c(nc3nc(nc4[n-]c(n1)c1cc(Cl)c(Cl)c(Cl)c41)-c1cc(Cl)c(Cl)c(Cl)c1-3)c1cc(Cl)c(Cl)c(Cl)c21.[Cu+2]. The first-order chi connectivity index (χ1) is 24.7. The van der Waals surface area contributed by atoms with Crippen LogP contribution in [-0.2, 0) is 17.1 Å². The Hall–Kier alpha value is -1.76. The summed E-state index contributed by atoms with van der Waals surface area (Å²) in [6, 6.07) is 6.20. The van der Waals surface area contributed by atoms with E-state index in [-0.39, 0.29) is 123 Å². The Morgan fingerprint density at radius 3 is 1.04 bits per heavy atom. The molecule has 0 saturated heterocycles. The van der Waals surface area contributed by atoms with Gasteiger partial charge in [-0.05, 0) is 35.0 Å². The third kappa shape index (κ3) is 5.78. The van der Waals surface area contributed by atoms with Gasteiger partial charge in [-0.3, -0.25) is 0 Å². The molecule has 0 amide bonds. The second-order valence-electron chi connectivity index (χ2n) is 11.1. The molecule has 0 spiro atoms. The average molecular weight is 989 g/mol. The molecule has 2 aliphatic heterocycles. The fraction of sp³-hybridized carbons (Fsp3) is 0. The van der Waals surface area contributed by atoms with E-state index in [0.29, 0.717) is 43.8 Å². The number of aromatic nitrogens is 8. The molecular formula is C32H4Cl12CuN8. The molecule has 0 unspecified atom stereocenters. The Morgan fingerprint density at radius 1 is 0.340 bits per heavy atom. The largest absolute Gasteiger partial charge is 2.00 e. The van der Waals surface area contributed by atoms with Crippen molar-refractivity contribution < 1.29 is 17.1 Å². The standard InChI is InChI=1S/C32H4Cl12N8.Cu/c33-9-1-5-13(21(41)17(9)37)29-45-25(5)49-30-14-6(2-10(34)18(38)22(14)42)27(46-30)51-32-16-8(4-12(36)20(40)24(16)44)28(48-32)52-31-15-7(26(47-31)50-29)3-11(35)19(39)23(15)43;/h1-4H;/q-2;+2. The first kappa shape index (κ1) is 38.1. The molecule has 7 aromatic rings. The number of rotatable bonds is 0. The van der Waals surface area contributed by atoms with Crippen LogP contribution in [0.4, 0.5) is 0 Å². The van der Waals surface area contributed by atoms with Gasteiger partial charge in [0.15, 0.2) is 0 Å². The van der Waals surface area contributed by atoms with E-state index in [1.165, 1.54) is 0 Å². The van der Waals surface area contributed by atoms with E-state index >= 15 is 0 Å². The summed E-state index contributed by atoms with van der Waals surface area (Å²) in [5.74, 6) is 0.326. The van der Waals surface area contributed by atoms with Crippen LogP contribution in [0.25, 0.3) is 89.7 Å². The van der Waals surface area contributed by atoms with Gasteiger partial charge in [-0.2, -0.15) is 0 Å². The Bertz CT molecular complexity index is 2820. The maximum Gasteiger partial charge on any atom is 2.00 e. The third-order valence-electron chi connectivity index (χ3n) is 8.20. The molecule has 1 radical (unpaired) electrons. The van der Waals surface area contributed by atoms with Crippen LogP contribution in [-0.4, -0.2) is 29.9 Å². The number of hydrogen-bond acceptors (Lipinski definition) is 6. The topological polar surface area (TPSA) is 106 Å². The predicted octanol–water partition coefficient (Wildman–Crippen LogP) is 14.0. The Labute approximate surface area is 366 Å². The van der Waals surface area contributed by atoms with Crippen LogP contribution in [0.15, 0.2) is 24.3 Å². The Balaban J connectivity index is 0.00000400. The molecular weight excluding hydrogens is 985 g/mol. The van der Waals surface area contributed by atoms with E-state index in [9.17, 15) is 0 Å². The van der Waals surface area contributed by atoms with Crippen molar-refractivity contribution in [1.82, 2.24) is 39.9 Å². The molecule has 0 fully saturated rings. The molecule has 3 aromatic heterocycles. The van der Waals surface area contributed by atoms with E-state index in [0.717, 1.165) is 0 Å². The van der Waals surface area contributed by atoms with Crippen LogP contribution >= 0.6 is 139 Å². The van der Waals surface area contributed by atoms with Gasteiger partial charge < -0.3 is 29.9 Å². The van der Waals surface area contributed by atoms with E-state index in [1.807, 2.05) is 0 Å². The molecule has 0 atom stereocenters. The molecule has 4 aromatic carbocycles. The van der Waals surface area contributed by atoms with Gasteiger partial charge in [0.2, 0.25) is 0 Å². The first-order valence-corrected chi connectivity index (χ1v) is 18.7. The summed E-state index contributed by atoms with van der Waals surface area (Å²) in [5.41, 5.74) is 1.69. The number of hydrogen-bond donors (Lipinski definition) is 0. The van der Waals surface area contributed by atoms with Crippen LogP contribution in [0.5, 0.6) is 0 Å². The van der Waals surface area contributed by atoms with Crippen molar-refractivity contribution in [3.05, 3.63) is 84.5 Å². The van der Waals surface area contributed by atoms with Crippen molar-refractivity contribution in [2.24, 2.45) is 0 Å². The predicted molar refractivity (Wildman–Crippen MR) is 214 cm³/mol. The van der Waals surface area contributed by atoms with Gasteiger partial charge in [-0.15, -0.1) is 0 Å². The second kappa shape index (κ2) is 13.7. The minimum atomic E-state index is 0. The van der Waals surface area contributed by atoms with Gasteiger partial charge >= 0.3 is 17.1 Å². The van der Waals surface area contributed by atoms with Crippen molar-refractivity contribution >= 4 is 183 Å². The van der Waals surface area contributed by atoms with Crippen molar-refractivity contribution in [1.29, 1.82) is 0 Å². The fourth-order valence-corrected chi connectivity index (χ4v) is 8.65. The molecule has 0 N–H and O–H groups in total. The van der Waals surface area contributed by atoms with Crippen molar-refractivity contribution in [3.8, 4) is 45.6 Å². The van der Waals surface area contributed by atoms with Gasteiger partial charge in [-0.1, -0.05) is 139 Å². The molecule has 21 heteroatoms. The zero-order chi connectivity index (χ0) is 36.7. The molecule has 9 rings (SSSR count). The van der Waals surface area contributed by atoms with E-state index < -0.39 is 0 Å². The van der Waals surface area contributed by atoms with Gasteiger partial charge in [0.25, 0.3) is 0 Å². The van der Waals surface area contributed by atoms with Crippen LogP contribution in [0.1, 0.15) is 0 Å². The molecule has 0 aliphatic carbocycles. The summed E-state index contributed by atoms with van der Waals surface area (Å²) in [5, 5.41) is 2.41. The van der Waals surface area contributed by atoms with Crippen LogP contribution in [0.3, 0.4) is 0 Å². The maximum atomic E-state index is 6.79. The third-order valence-corrected chi connectivity index (χ3v) is 13.2. The Kier molecular flexibility index (Phi) is 9.87. The summed E-state index contributed by atoms with van der Waals surface area (Å²) in [6.07, 6.45) is 0. The monoisotopic (exact) mass is 983 g/mol. The van der Waals surface area contributed by atoms with Gasteiger partial charge in [0.1, 0.15) is 0 Å². The summed E-state index contributed by atoms with van der Waals surface area (Å²) < 4.78 is 0. The van der Waals surface area contributed by atoms with Crippen LogP contribution in [0.2, 0.25) is 60.3 Å². The number of halogens is 12. The van der Waals surface area contributed by atoms with Gasteiger partial charge in [-0.25, -0.2) is 9.97 Å². The maximum absolute atomic E-state index is 6.79. The van der Waals surface area contributed by atoms with E-state index in [1.54, 1.807) is 24.3 Å². The van der Waals surface area contributed by atoms with E-state index in [2.05, 4.69) is 0 Å². The molecule has 0 saturated carbocycles. The summed E-state index contributed by atoms with van der Waals surface area (Å²) in [7, 11) is 0. The Morgan fingerprint density at radius 2 is 0.660 bits per heavy atom. The van der Waals surface area contributed by atoms with Crippen molar-refractivity contribution in [3.63, 3.8) is 0 Å². The molecule has 2 aliphatic rings. The molecule has 53 heavy (non-hydrogen) atoms. The first-order valence-electron chi connectivity index (χ1n) is 14.2. The summed E-state index contributed by atoms with van der Waals surface area (Å²) in [6.45, 7) is 0. The molecule has 8 nitrogen and oxygen atoms in total. The number of benzene rings is 4. The molecule has 5 heterocycles. The number of fused-ring (bicyclic) bond motifs is 20. The second-order valence-corrected chi connectivity index (χ2v) is 15.8. The summed E-state index contributed by atoms with van der Waals surface area (Å²) >= 11 is 79.2.